The summed E-state index contributed by atoms with van der Waals surface area (Å²) in [6, 6.07) is 12.0. The van der Waals surface area contributed by atoms with Crippen molar-refractivity contribution in [1.82, 2.24) is 20.6 Å². The zero-order chi connectivity index (χ0) is 19.4. The third kappa shape index (κ3) is 3.60. The van der Waals surface area contributed by atoms with Gasteiger partial charge >= 0.3 is 6.01 Å². The smallest absolute Gasteiger partial charge is 0.313 e. The van der Waals surface area contributed by atoms with E-state index in [0.29, 0.717) is 5.82 Å². The molecular formula is C21H23N5O2. The molecule has 0 aliphatic heterocycles. The van der Waals surface area contributed by atoms with Gasteiger partial charge in [0.1, 0.15) is 0 Å². The number of aryl methyl sites for hydroxylation is 1. The van der Waals surface area contributed by atoms with Gasteiger partial charge in [0.2, 0.25) is 11.7 Å². The van der Waals surface area contributed by atoms with Crippen LogP contribution in [0.15, 0.2) is 53.3 Å². The number of pyridine rings is 1. The Morgan fingerprint density at radius 3 is 2.64 bits per heavy atom. The van der Waals surface area contributed by atoms with Crippen molar-refractivity contribution in [3.8, 4) is 11.4 Å². The lowest BCUT2D eigenvalue weighted by Gasteiger charge is -2.36. The summed E-state index contributed by atoms with van der Waals surface area (Å²) in [5.41, 5.74) is 8.06. The first-order chi connectivity index (χ1) is 13.7. The molecule has 1 saturated carbocycles. The molecule has 1 fully saturated rings. The van der Waals surface area contributed by atoms with Crippen molar-refractivity contribution in [1.29, 1.82) is 0 Å². The maximum absolute atomic E-state index is 13.2. The zero-order valence-corrected chi connectivity index (χ0v) is 15.8. The van der Waals surface area contributed by atoms with Gasteiger partial charge in [-0.25, -0.2) is 5.43 Å². The van der Waals surface area contributed by atoms with Crippen molar-refractivity contribution in [2.75, 3.05) is 5.43 Å². The van der Waals surface area contributed by atoms with E-state index >= 15 is 0 Å². The Kier molecular flexibility index (Phi) is 5.06. The number of amides is 1. The van der Waals surface area contributed by atoms with Crippen LogP contribution in [0.4, 0.5) is 6.01 Å². The molecule has 0 bridgehead atoms. The number of carbonyl (C=O) groups excluding carboxylic acids is 1. The van der Waals surface area contributed by atoms with Gasteiger partial charge in [-0.1, -0.05) is 54.2 Å². The summed E-state index contributed by atoms with van der Waals surface area (Å²) in [5, 5.41) is 3.94. The number of benzene rings is 1. The molecule has 7 heteroatoms. The van der Waals surface area contributed by atoms with E-state index in [2.05, 4.69) is 45.0 Å². The molecule has 0 saturated heterocycles. The van der Waals surface area contributed by atoms with Crippen molar-refractivity contribution >= 4 is 11.9 Å². The van der Waals surface area contributed by atoms with Crippen LogP contribution in [0.1, 0.15) is 43.2 Å². The van der Waals surface area contributed by atoms with E-state index in [1.807, 2.05) is 12.1 Å². The number of anilines is 1. The van der Waals surface area contributed by atoms with E-state index in [1.165, 1.54) is 0 Å². The van der Waals surface area contributed by atoms with Crippen LogP contribution in [-0.4, -0.2) is 21.0 Å². The highest BCUT2D eigenvalue weighted by Gasteiger charge is 2.41. The lowest BCUT2D eigenvalue weighted by atomic mass is 9.68. The number of carbonyl (C=O) groups is 1. The minimum absolute atomic E-state index is 0.0681. The van der Waals surface area contributed by atoms with E-state index < -0.39 is 5.41 Å². The van der Waals surface area contributed by atoms with Gasteiger partial charge in [-0.05, 0) is 37.5 Å². The van der Waals surface area contributed by atoms with Crippen LogP contribution in [0.25, 0.3) is 11.4 Å². The number of hydrazine groups is 1. The van der Waals surface area contributed by atoms with E-state index in [1.54, 1.807) is 24.5 Å². The predicted molar refractivity (Wildman–Crippen MR) is 105 cm³/mol. The van der Waals surface area contributed by atoms with E-state index in [0.717, 1.165) is 48.8 Å². The van der Waals surface area contributed by atoms with Gasteiger partial charge in [-0.3, -0.25) is 15.2 Å². The number of aromatic nitrogens is 3. The maximum Gasteiger partial charge on any atom is 0.340 e. The fourth-order valence-corrected chi connectivity index (χ4v) is 3.87. The molecule has 3 aromatic rings. The first-order valence-electron chi connectivity index (χ1n) is 9.55. The summed E-state index contributed by atoms with van der Waals surface area (Å²) >= 11 is 0. The van der Waals surface area contributed by atoms with E-state index in [4.69, 9.17) is 4.52 Å². The van der Waals surface area contributed by atoms with Crippen LogP contribution < -0.4 is 10.9 Å². The summed E-state index contributed by atoms with van der Waals surface area (Å²) in [6.45, 7) is 2.05. The maximum atomic E-state index is 13.2. The molecule has 1 aliphatic rings. The number of hydrogen-bond acceptors (Lipinski definition) is 6. The minimum Gasteiger partial charge on any atom is -0.313 e. The summed E-state index contributed by atoms with van der Waals surface area (Å²) in [7, 11) is 0. The molecule has 0 spiro atoms. The number of nitrogens with one attached hydrogen (secondary N) is 2. The Balaban J connectivity index is 1.50. The number of nitrogens with zero attached hydrogens (tertiary/aromatic N) is 3. The van der Waals surface area contributed by atoms with Gasteiger partial charge in [0.05, 0.1) is 5.41 Å². The second kappa shape index (κ2) is 7.80. The molecule has 1 aromatic carbocycles. The molecule has 144 valence electrons. The van der Waals surface area contributed by atoms with Gasteiger partial charge in [0.25, 0.3) is 0 Å². The number of hydrogen-bond donors (Lipinski definition) is 2. The molecule has 1 amide bonds. The summed E-state index contributed by atoms with van der Waals surface area (Å²) in [4.78, 5) is 21.5. The Bertz CT molecular complexity index is 948. The molecule has 2 aromatic heterocycles. The molecule has 2 N–H and O–H groups in total. The third-order valence-corrected chi connectivity index (χ3v) is 5.36. The van der Waals surface area contributed by atoms with Crippen molar-refractivity contribution in [2.45, 2.75) is 44.4 Å². The fraction of sp³-hybridized carbons (Fsp3) is 0.333. The fourth-order valence-electron chi connectivity index (χ4n) is 3.87. The lowest BCUT2D eigenvalue weighted by Crippen LogP contribution is -2.47. The standard InChI is InChI=1S/C21H23N5O2/c1-15-6-5-7-17(14-15)21(10-3-2-4-11-21)19(27)24-25-20-23-18(26-28-20)16-8-12-22-13-9-16/h5-9,12-14H,2-4,10-11H2,1H3,(H,24,27)(H,23,25,26). The quantitative estimate of drug-likeness (QED) is 0.657. The average Bonchev–Trinajstić information content (AvgIpc) is 3.22. The van der Waals surface area contributed by atoms with Gasteiger partial charge < -0.3 is 4.52 Å². The zero-order valence-electron chi connectivity index (χ0n) is 15.8. The first-order valence-corrected chi connectivity index (χ1v) is 9.55. The highest BCUT2D eigenvalue weighted by atomic mass is 16.5. The van der Waals surface area contributed by atoms with Crippen molar-refractivity contribution in [3.05, 3.63) is 59.9 Å². The van der Waals surface area contributed by atoms with Crippen LogP contribution in [-0.2, 0) is 10.2 Å². The van der Waals surface area contributed by atoms with Gasteiger partial charge in [0, 0.05) is 18.0 Å². The van der Waals surface area contributed by atoms with Gasteiger partial charge in [0.15, 0.2) is 0 Å². The highest BCUT2D eigenvalue weighted by Crippen LogP contribution is 2.40. The largest absolute Gasteiger partial charge is 0.340 e. The van der Waals surface area contributed by atoms with E-state index in [9.17, 15) is 4.79 Å². The average molecular weight is 377 g/mol. The van der Waals surface area contributed by atoms with E-state index in [-0.39, 0.29) is 11.9 Å². The molecule has 0 radical (unpaired) electrons. The number of rotatable bonds is 5. The van der Waals surface area contributed by atoms with Crippen molar-refractivity contribution in [2.24, 2.45) is 0 Å². The molecule has 4 rings (SSSR count). The van der Waals surface area contributed by atoms with Crippen molar-refractivity contribution in [3.63, 3.8) is 0 Å². The molecular weight excluding hydrogens is 354 g/mol. The molecule has 1 aliphatic carbocycles. The Hall–Kier alpha value is -3.22. The first kappa shape index (κ1) is 18.2. The topological polar surface area (TPSA) is 92.9 Å². The lowest BCUT2D eigenvalue weighted by molar-refractivity contribution is -0.127. The van der Waals surface area contributed by atoms with Crippen LogP contribution in [0.3, 0.4) is 0 Å². The summed E-state index contributed by atoms with van der Waals surface area (Å²) in [5.74, 6) is 0.367. The molecule has 28 heavy (non-hydrogen) atoms. The van der Waals surface area contributed by atoms with Crippen LogP contribution in [0.2, 0.25) is 0 Å². The molecule has 7 nitrogen and oxygen atoms in total. The minimum atomic E-state index is -0.536. The molecule has 0 unspecified atom stereocenters. The van der Waals surface area contributed by atoms with Gasteiger partial charge in [-0.15, -0.1) is 0 Å². The Morgan fingerprint density at radius 1 is 1.11 bits per heavy atom. The summed E-state index contributed by atoms with van der Waals surface area (Å²) in [6.07, 6.45) is 8.21. The van der Waals surface area contributed by atoms with Crippen LogP contribution >= 0.6 is 0 Å². The molecule has 2 heterocycles. The monoisotopic (exact) mass is 377 g/mol. The molecule has 0 atom stereocenters. The second-order valence-corrected chi connectivity index (χ2v) is 7.25. The Morgan fingerprint density at radius 2 is 1.89 bits per heavy atom. The third-order valence-electron chi connectivity index (χ3n) is 5.36. The Labute approximate surface area is 163 Å². The summed E-state index contributed by atoms with van der Waals surface area (Å²) < 4.78 is 5.21. The highest BCUT2D eigenvalue weighted by molar-refractivity contribution is 5.89. The second-order valence-electron chi connectivity index (χ2n) is 7.25. The van der Waals surface area contributed by atoms with Crippen LogP contribution in [0, 0.1) is 6.92 Å². The van der Waals surface area contributed by atoms with Gasteiger partial charge in [-0.2, -0.15) is 4.98 Å². The van der Waals surface area contributed by atoms with Crippen molar-refractivity contribution < 1.29 is 9.32 Å². The van der Waals surface area contributed by atoms with Crippen LogP contribution in [0.5, 0.6) is 0 Å². The normalized spacial score (nSPS) is 15.8. The SMILES string of the molecule is Cc1cccc(C2(C(=O)NNc3nc(-c4ccncc4)no3)CCCCC2)c1. The predicted octanol–water partition coefficient (Wildman–Crippen LogP) is 3.79.